The van der Waals surface area contributed by atoms with Crippen molar-refractivity contribution < 1.29 is 9.59 Å². The molecule has 0 unspecified atom stereocenters. The molecule has 1 saturated heterocycles. The zero-order valence-electron chi connectivity index (χ0n) is 17.1. The minimum atomic E-state index is -0.223. The fraction of sp³-hybridized carbons (Fsp3) is 0.600. The molecular formula is C20H33N5O2. The van der Waals surface area contributed by atoms with E-state index in [9.17, 15) is 9.59 Å². The molecular weight excluding hydrogens is 342 g/mol. The van der Waals surface area contributed by atoms with E-state index in [4.69, 9.17) is 0 Å². The van der Waals surface area contributed by atoms with Crippen molar-refractivity contribution in [3.63, 3.8) is 0 Å². The van der Waals surface area contributed by atoms with Crippen LogP contribution in [0.15, 0.2) is 24.3 Å². The zero-order valence-corrected chi connectivity index (χ0v) is 17.1. The average Bonchev–Trinajstić information content (AvgIpc) is 2.59. The van der Waals surface area contributed by atoms with Crippen molar-refractivity contribution in [2.45, 2.75) is 46.2 Å². The summed E-state index contributed by atoms with van der Waals surface area (Å²) in [5, 5.41) is 9.00. The lowest BCUT2D eigenvalue weighted by Gasteiger charge is -2.37. The summed E-state index contributed by atoms with van der Waals surface area (Å²) in [4.78, 5) is 28.2. The SMILES string of the molecule is CC(C)NCC(=O)Nc1ccc(N2CCN(C(=O)NC(C)(C)C)CC2)cc1. The quantitative estimate of drug-likeness (QED) is 0.738. The van der Waals surface area contributed by atoms with Gasteiger partial charge in [0.1, 0.15) is 0 Å². The number of hydrogen-bond acceptors (Lipinski definition) is 4. The summed E-state index contributed by atoms with van der Waals surface area (Å²) in [7, 11) is 0. The standard InChI is InChI=1S/C20H33N5O2/c1-15(2)21-14-18(26)22-16-6-8-17(9-7-16)24-10-12-25(13-11-24)19(27)23-20(3,4)5/h6-9,15,21H,10-14H2,1-5H3,(H,22,26)(H,23,27). The lowest BCUT2D eigenvalue weighted by Crippen LogP contribution is -2.55. The fourth-order valence-corrected chi connectivity index (χ4v) is 2.83. The van der Waals surface area contributed by atoms with Gasteiger partial charge in [-0.05, 0) is 45.0 Å². The number of hydrogen-bond donors (Lipinski definition) is 3. The Morgan fingerprint density at radius 2 is 1.63 bits per heavy atom. The minimum absolute atomic E-state index is 0.00443. The maximum absolute atomic E-state index is 12.3. The van der Waals surface area contributed by atoms with Gasteiger partial charge in [0.15, 0.2) is 0 Å². The van der Waals surface area contributed by atoms with E-state index in [1.165, 1.54) is 0 Å². The number of rotatable bonds is 5. The first-order valence-corrected chi connectivity index (χ1v) is 9.59. The van der Waals surface area contributed by atoms with Crippen molar-refractivity contribution >= 4 is 23.3 Å². The Labute approximate surface area is 162 Å². The first-order valence-electron chi connectivity index (χ1n) is 9.59. The number of amides is 3. The summed E-state index contributed by atoms with van der Waals surface area (Å²) < 4.78 is 0. The molecule has 1 aliphatic rings. The summed E-state index contributed by atoms with van der Waals surface area (Å²) in [5.41, 5.74) is 1.67. The van der Waals surface area contributed by atoms with Crippen LogP contribution in [0.2, 0.25) is 0 Å². The third kappa shape index (κ3) is 7.09. The van der Waals surface area contributed by atoms with E-state index in [0.29, 0.717) is 19.6 Å². The number of nitrogens with zero attached hydrogens (tertiary/aromatic N) is 2. The molecule has 0 spiro atoms. The van der Waals surface area contributed by atoms with E-state index in [-0.39, 0.29) is 23.5 Å². The van der Waals surface area contributed by atoms with E-state index >= 15 is 0 Å². The molecule has 0 radical (unpaired) electrons. The fourth-order valence-electron chi connectivity index (χ4n) is 2.83. The molecule has 1 aliphatic heterocycles. The molecule has 1 aromatic rings. The van der Waals surface area contributed by atoms with E-state index in [2.05, 4.69) is 20.9 Å². The lowest BCUT2D eigenvalue weighted by atomic mass is 10.1. The van der Waals surface area contributed by atoms with E-state index in [1.54, 1.807) is 0 Å². The highest BCUT2D eigenvalue weighted by Crippen LogP contribution is 2.19. The maximum Gasteiger partial charge on any atom is 0.317 e. The number of benzene rings is 1. The second-order valence-corrected chi connectivity index (χ2v) is 8.28. The molecule has 2 rings (SSSR count). The number of carbonyl (C=O) groups is 2. The molecule has 0 saturated carbocycles. The van der Waals surface area contributed by atoms with E-state index in [1.807, 2.05) is 63.8 Å². The van der Waals surface area contributed by atoms with Crippen LogP contribution in [0.1, 0.15) is 34.6 Å². The molecule has 3 N–H and O–H groups in total. The van der Waals surface area contributed by atoms with E-state index < -0.39 is 0 Å². The van der Waals surface area contributed by atoms with Crippen LogP contribution in [-0.4, -0.2) is 61.1 Å². The summed E-state index contributed by atoms with van der Waals surface area (Å²) in [6, 6.07) is 8.13. The monoisotopic (exact) mass is 375 g/mol. The maximum atomic E-state index is 12.3. The molecule has 7 nitrogen and oxygen atoms in total. The van der Waals surface area contributed by atoms with Crippen LogP contribution in [0.4, 0.5) is 16.2 Å². The highest BCUT2D eigenvalue weighted by molar-refractivity contribution is 5.92. The van der Waals surface area contributed by atoms with Crippen LogP contribution in [0.3, 0.4) is 0 Å². The topological polar surface area (TPSA) is 76.7 Å². The molecule has 1 fully saturated rings. The zero-order chi connectivity index (χ0) is 20.0. The highest BCUT2D eigenvalue weighted by Gasteiger charge is 2.24. The van der Waals surface area contributed by atoms with Gasteiger partial charge in [-0.3, -0.25) is 4.79 Å². The summed E-state index contributed by atoms with van der Waals surface area (Å²) >= 11 is 0. The molecule has 1 aromatic carbocycles. The molecule has 27 heavy (non-hydrogen) atoms. The second kappa shape index (κ2) is 9.08. The normalized spacial score (nSPS) is 15.0. The Morgan fingerprint density at radius 1 is 1.04 bits per heavy atom. The largest absolute Gasteiger partial charge is 0.368 e. The second-order valence-electron chi connectivity index (χ2n) is 8.28. The van der Waals surface area contributed by atoms with Gasteiger partial charge in [-0.15, -0.1) is 0 Å². The van der Waals surface area contributed by atoms with Crippen molar-refractivity contribution in [3.05, 3.63) is 24.3 Å². The van der Waals surface area contributed by atoms with Crippen molar-refractivity contribution in [3.8, 4) is 0 Å². The van der Waals surface area contributed by atoms with Crippen LogP contribution in [0.25, 0.3) is 0 Å². The van der Waals surface area contributed by atoms with Crippen LogP contribution in [0, 0.1) is 0 Å². The van der Waals surface area contributed by atoms with Crippen LogP contribution >= 0.6 is 0 Å². The Morgan fingerprint density at radius 3 is 2.15 bits per heavy atom. The van der Waals surface area contributed by atoms with Crippen LogP contribution in [0.5, 0.6) is 0 Å². The number of anilines is 2. The smallest absolute Gasteiger partial charge is 0.317 e. The van der Waals surface area contributed by atoms with Gasteiger partial charge in [-0.1, -0.05) is 13.8 Å². The molecule has 0 bridgehead atoms. The lowest BCUT2D eigenvalue weighted by molar-refractivity contribution is -0.115. The van der Waals surface area contributed by atoms with Gasteiger partial charge < -0.3 is 25.8 Å². The number of carbonyl (C=O) groups excluding carboxylic acids is 2. The van der Waals surface area contributed by atoms with Crippen LogP contribution < -0.4 is 20.9 Å². The Kier molecular flexibility index (Phi) is 7.07. The third-order valence-corrected chi connectivity index (χ3v) is 4.24. The predicted molar refractivity (Wildman–Crippen MR) is 110 cm³/mol. The first kappa shape index (κ1) is 21.0. The van der Waals surface area contributed by atoms with E-state index in [0.717, 1.165) is 24.5 Å². The molecule has 150 valence electrons. The molecule has 0 atom stereocenters. The summed E-state index contributed by atoms with van der Waals surface area (Å²) in [5.74, 6) is -0.0464. The summed E-state index contributed by atoms with van der Waals surface area (Å²) in [6.45, 7) is 13.3. The Balaban J connectivity index is 1.83. The van der Waals surface area contributed by atoms with Gasteiger partial charge in [-0.2, -0.15) is 0 Å². The highest BCUT2D eigenvalue weighted by atomic mass is 16.2. The predicted octanol–water partition coefficient (Wildman–Crippen LogP) is 2.25. The number of urea groups is 1. The van der Waals surface area contributed by atoms with Gasteiger partial charge in [-0.25, -0.2) is 4.79 Å². The van der Waals surface area contributed by atoms with Crippen molar-refractivity contribution in [2.75, 3.05) is 42.9 Å². The van der Waals surface area contributed by atoms with Crippen molar-refractivity contribution in [2.24, 2.45) is 0 Å². The molecule has 3 amide bonds. The molecule has 7 heteroatoms. The van der Waals surface area contributed by atoms with Gasteiger partial charge in [0.2, 0.25) is 5.91 Å². The van der Waals surface area contributed by atoms with Crippen molar-refractivity contribution in [1.82, 2.24) is 15.5 Å². The molecule has 0 aromatic heterocycles. The Bertz CT molecular complexity index is 629. The third-order valence-electron chi connectivity index (χ3n) is 4.24. The average molecular weight is 376 g/mol. The first-order chi connectivity index (χ1) is 12.6. The van der Waals surface area contributed by atoms with Gasteiger partial charge in [0, 0.05) is 49.1 Å². The van der Waals surface area contributed by atoms with Crippen molar-refractivity contribution in [1.29, 1.82) is 0 Å². The van der Waals surface area contributed by atoms with Gasteiger partial charge in [0.05, 0.1) is 6.54 Å². The number of piperazine rings is 1. The van der Waals surface area contributed by atoms with Gasteiger partial charge in [0.25, 0.3) is 0 Å². The number of nitrogens with one attached hydrogen (secondary N) is 3. The minimum Gasteiger partial charge on any atom is -0.368 e. The molecule has 0 aliphatic carbocycles. The van der Waals surface area contributed by atoms with Gasteiger partial charge >= 0.3 is 6.03 Å². The van der Waals surface area contributed by atoms with Crippen LogP contribution in [-0.2, 0) is 4.79 Å². The Hall–Kier alpha value is -2.28. The summed E-state index contributed by atoms with van der Waals surface area (Å²) in [6.07, 6.45) is 0. The molecule has 1 heterocycles.